The smallest absolute Gasteiger partial charge is 0.303 e. The number of aryl methyl sites for hydroxylation is 1. The van der Waals surface area contributed by atoms with Crippen molar-refractivity contribution in [2.75, 3.05) is 6.54 Å². The van der Waals surface area contributed by atoms with Crippen LogP contribution >= 0.6 is 0 Å². The maximum atomic E-state index is 13.1. The lowest BCUT2D eigenvalue weighted by atomic mass is 10.1. The number of carbonyl (C=O) groups excluding carboxylic acids is 1. The average molecular weight is 342 g/mol. The van der Waals surface area contributed by atoms with Gasteiger partial charge in [0, 0.05) is 37.4 Å². The predicted molar refractivity (Wildman–Crippen MR) is 97.6 cm³/mol. The molecule has 1 N–H and O–H groups in total. The molecule has 0 atom stereocenters. The van der Waals surface area contributed by atoms with Gasteiger partial charge in [-0.3, -0.25) is 9.59 Å². The largest absolute Gasteiger partial charge is 0.481 e. The summed E-state index contributed by atoms with van der Waals surface area (Å²) in [6.07, 6.45) is 0.507. The molecule has 0 fully saturated rings. The van der Waals surface area contributed by atoms with Crippen LogP contribution in [0, 0.1) is 13.8 Å². The summed E-state index contributed by atoms with van der Waals surface area (Å²) < 4.78 is 2.12. The Labute approximate surface area is 148 Å². The van der Waals surface area contributed by atoms with Gasteiger partial charge in [0.2, 0.25) is 0 Å². The molecular weight excluding hydrogens is 316 g/mol. The molecule has 1 aromatic carbocycles. The van der Waals surface area contributed by atoms with Gasteiger partial charge in [-0.2, -0.15) is 0 Å². The number of carboxylic acids is 1. The summed E-state index contributed by atoms with van der Waals surface area (Å²) in [7, 11) is 0. The Morgan fingerprint density at radius 1 is 1.16 bits per heavy atom. The van der Waals surface area contributed by atoms with Gasteiger partial charge in [0.25, 0.3) is 5.91 Å². The van der Waals surface area contributed by atoms with Crippen LogP contribution in [-0.2, 0) is 17.9 Å². The van der Waals surface area contributed by atoms with E-state index in [0.29, 0.717) is 25.1 Å². The van der Waals surface area contributed by atoms with E-state index in [1.165, 1.54) is 0 Å². The predicted octanol–water partition coefficient (Wildman–Crippen LogP) is 3.63. The summed E-state index contributed by atoms with van der Waals surface area (Å²) in [6, 6.07) is 11.7. The maximum Gasteiger partial charge on any atom is 0.303 e. The zero-order chi connectivity index (χ0) is 18.4. The van der Waals surface area contributed by atoms with Crippen molar-refractivity contribution < 1.29 is 14.7 Å². The molecule has 5 nitrogen and oxygen atoms in total. The van der Waals surface area contributed by atoms with Crippen molar-refractivity contribution in [2.24, 2.45) is 0 Å². The first-order valence-electron chi connectivity index (χ1n) is 8.65. The van der Waals surface area contributed by atoms with E-state index in [1.807, 2.05) is 50.2 Å². The molecule has 0 saturated carbocycles. The monoisotopic (exact) mass is 342 g/mol. The van der Waals surface area contributed by atoms with Gasteiger partial charge >= 0.3 is 5.97 Å². The number of benzene rings is 1. The van der Waals surface area contributed by atoms with Gasteiger partial charge in [-0.15, -0.1) is 0 Å². The number of nitrogens with zero attached hydrogens (tertiary/aromatic N) is 2. The molecule has 134 valence electrons. The highest BCUT2D eigenvalue weighted by Crippen LogP contribution is 2.19. The number of aromatic nitrogens is 1. The Balaban J connectivity index is 2.23. The molecule has 0 aliphatic heterocycles. The minimum atomic E-state index is -0.837. The third-order valence-electron chi connectivity index (χ3n) is 4.44. The number of amides is 1. The number of carbonyl (C=O) groups is 2. The van der Waals surface area contributed by atoms with E-state index >= 15 is 0 Å². The first kappa shape index (κ1) is 18.8. The van der Waals surface area contributed by atoms with Crippen molar-refractivity contribution in [3.05, 3.63) is 58.9 Å². The number of hydrogen-bond acceptors (Lipinski definition) is 2. The molecule has 0 bridgehead atoms. The van der Waals surface area contributed by atoms with Crippen LogP contribution in [0.1, 0.15) is 47.1 Å². The average Bonchev–Trinajstić information content (AvgIpc) is 2.87. The van der Waals surface area contributed by atoms with Gasteiger partial charge in [-0.1, -0.05) is 30.3 Å². The Bertz CT molecular complexity index is 735. The highest BCUT2D eigenvalue weighted by Gasteiger charge is 2.21. The molecule has 5 heteroatoms. The second kappa shape index (κ2) is 8.51. The first-order chi connectivity index (χ1) is 11.9. The summed E-state index contributed by atoms with van der Waals surface area (Å²) in [6.45, 7) is 7.75. The second-order valence-electron chi connectivity index (χ2n) is 6.24. The summed E-state index contributed by atoms with van der Waals surface area (Å²) in [5.74, 6) is -0.877. The molecule has 1 amide bonds. The molecule has 1 heterocycles. The Hall–Kier alpha value is -2.56. The highest BCUT2D eigenvalue weighted by molar-refractivity contribution is 5.95. The van der Waals surface area contributed by atoms with Gasteiger partial charge in [-0.25, -0.2) is 0 Å². The van der Waals surface area contributed by atoms with E-state index in [4.69, 9.17) is 5.11 Å². The highest BCUT2D eigenvalue weighted by atomic mass is 16.4. The fraction of sp³-hybridized carbons (Fsp3) is 0.400. The number of hydrogen-bond donors (Lipinski definition) is 1. The van der Waals surface area contributed by atoms with E-state index in [2.05, 4.69) is 11.5 Å². The zero-order valence-corrected chi connectivity index (χ0v) is 15.2. The van der Waals surface area contributed by atoms with Crippen LogP contribution < -0.4 is 0 Å². The normalized spacial score (nSPS) is 10.7. The van der Waals surface area contributed by atoms with Crippen molar-refractivity contribution in [3.63, 3.8) is 0 Å². The van der Waals surface area contributed by atoms with Gasteiger partial charge < -0.3 is 14.6 Å². The molecule has 2 rings (SSSR count). The lowest BCUT2D eigenvalue weighted by Gasteiger charge is -2.23. The fourth-order valence-electron chi connectivity index (χ4n) is 3.15. The van der Waals surface area contributed by atoms with Gasteiger partial charge in [-0.05, 0) is 38.8 Å². The molecule has 0 aliphatic rings. The van der Waals surface area contributed by atoms with Crippen LogP contribution in [0.4, 0.5) is 0 Å². The molecule has 25 heavy (non-hydrogen) atoms. The van der Waals surface area contributed by atoms with Crippen LogP contribution in [0.2, 0.25) is 0 Å². The Kier molecular flexibility index (Phi) is 6.39. The van der Waals surface area contributed by atoms with Crippen LogP contribution in [0.3, 0.4) is 0 Å². The topological polar surface area (TPSA) is 62.5 Å². The number of rotatable bonds is 8. The van der Waals surface area contributed by atoms with Gasteiger partial charge in [0.15, 0.2) is 0 Å². The zero-order valence-electron chi connectivity index (χ0n) is 15.2. The lowest BCUT2D eigenvalue weighted by Crippen LogP contribution is -2.32. The Morgan fingerprint density at radius 3 is 2.40 bits per heavy atom. The summed E-state index contributed by atoms with van der Waals surface area (Å²) >= 11 is 0. The van der Waals surface area contributed by atoms with E-state index in [-0.39, 0.29) is 12.3 Å². The third kappa shape index (κ3) is 4.72. The fourth-order valence-corrected chi connectivity index (χ4v) is 3.15. The summed E-state index contributed by atoms with van der Waals surface area (Å²) in [5, 5.41) is 8.88. The standard InChI is InChI=1S/C20H26N2O3/c1-4-22-15(2)13-18(16(22)3)20(25)21(12-8-11-19(23)24)14-17-9-6-5-7-10-17/h5-7,9-10,13H,4,8,11-12,14H2,1-3H3,(H,23,24). The second-order valence-corrected chi connectivity index (χ2v) is 6.24. The van der Waals surface area contributed by atoms with E-state index < -0.39 is 5.97 Å². The molecule has 0 aliphatic carbocycles. The van der Waals surface area contributed by atoms with Crippen LogP contribution in [0.15, 0.2) is 36.4 Å². The Morgan fingerprint density at radius 2 is 1.84 bits per heavy atom. The molecule has 0 saturated heterocycles. The maximum absolute atomic E-state index is 13.1. The van der Waals surface area contributed by atoms with Crippen LogP contribution in [-0.4, -0.2) is 33.0 Å². The molecular formula is C20H26N2O3. The summed E-state index contributed by atoms with van der Waals surface area (Å²) in [5.41, 5.74) is 3.76. The van der Waals surface area contributed by atoms with Gasteiger partial charge in [0.1, 0.15) is 0 Å². The summed E-state index contributed by atoms with van der Waals surface area (Å²) in [4.78, 5) is 25.7. The van der Waals surface area contributed by atoms with Crippen LogP contribution in [0.25, 0.3) is 0 Å². The number of carboxylic acid groups (broad SMARTS) is 1. The van der Waals surface area contributed by atoms with Crippen molar-refractivity contribution in [3.8, 4) is 0 Å². The number of aliphatic carboxylic acids is 1. The van der Waals surface area contributed by atoms with E-state index in [1.54, 1.807) is 4.90 Å². The van der Waals surface area contributed by atoms with E-state index in [0.717, 1.165) is 23.5 Å². The SMILES string of the molecule is CCn1c(C)cc(C(=O)N(CCCC(=O)O)Cc2ccccc2)c1C. The quantitative estimate of drug-likeness (QED) is 0.797. The van der Waals surface area contributed by atoms with Crippen molar-refractivity contribution in [1.82, 2.24) is 9.47 Å². The van der Waals surface area contributed by atoms with E-state index in [9.17, 15) is 9.59 Å². The van der Waals surface area contributed by atoms with Gasteiger partial charge in [0.05, 0.1) is 5.56 Å². The van der Waals surface area contributed by atoms with Crippen LogP contribution in [0.5, 0.6) is 0 Å². The van der Waals surface area contributed by atoms with Crippen molar-refractivity contribution in [2.45, 2.75) is 46.7 Å². The molecule has 0 radical (unpaired) electrons. The lowest BCUT2D eigenvalue weighted by molar-refractivity contribution is -0.137. The first-order valence-corrected chi connectivity index (χ1v) is 8.65. The molecule has 1 aromatic heterocycles. The molecule has 0 unspecified atom stereocenters. The minimum Gasteiger partial charge on any atom is -0.481 e. The third-order valence-corrected chi connectivity index (χ3v) is 4.44. The van der Waals surface area contributed by atoms with Crippen molar-refractivity contribution in [1.29, 1.82) is 0 Å². The minimum absolute atomic E-state index is 0.0398. The van der Waals surface area contributed by atoms with Crippen molar-refractivity contribution >= 4 is 11.9 Å². The molecule has 0 spiro atoms. The molecule has 2 aromatic rings.